The summed E-state index contributed by atoms with van der Waals surface area (Å²) in [4.78, 5) is 15.2. The van der Waals surface area contributed by atoms with Gasteiger partial charge in [-0.3, -0.25) is 4.79 Å². The molecule has 0 atom stereocenters. The molecule has 1 aromatic heterocycles. The van der Waals surface area contributed by atoms with Crippen molar-refractivity contribution in [3.63, 3.8) is 0 Å². The maximum atomic E-state index is 13.3. The molecule has 0 unspecified atom stereocenters. The minimum atomic E-state index is 0.126. The molecule has 1 amide bonds. The molecule has 0 fully saturated rings. The number of nitrogens with zero attached hydrogens (tertiary/aromatic N) is 2. The Morgan fingerprint density at radius 1 is 0.704 bits per heavy atom. The smallest absolute Gasteiger partial charge is 0.271 e. The van der Waals surface area contributed by atoms with Gasteiger partial charge in [0.25, 0.3) is 5.91 Å². The van der Waals surface area contributed by atoms with Crippen LogP contribution in [0.2, 0.25) is 0 Å². The van der Waals surface area contributed by atoms with Gasteiger partial charge in [0.2, 0.25) is 0 Å². The predicted octanol–water partition coefficient (Wildman–Crippen LogP) is 4.85. The van der Waals surface area contributed by atoms with E-state index < -0.39 is 0 Å². The van der Waals surface area contributed by atoms with Gasteiger partial charge in [-0.1, -0.05) is 78.9 Å². The number of benzene rings is 3. The van der Waals surface area contributed by atoms with Crippen LogP contribution in [-0.2, 0) is 19.6 Å². The molecule has 1 aliphatic rings. The van der Waals surface area contributed by atoms with Crippen LogP contribution in [0.4, 0.5) is 0 Å². The second-order valence-corrected chi connectivity index (χ2v) is 7.06. The zero-order chi connectivity index (χ0) is 18.2. The fourth-order valence-corrected chi connectivity index (χ4v) is 4.05. The zero-order valence-electron chi connectivity index (χ0n) is 15.0. The van der Waals surface area contributed by atoms with Crippen LogP contribution < -0.4 is 0 Å². The number of para-hydroxylation sites is 1. The van der Waals surface area contributed by atoms with Gasteiger partial charge in [-0.05, 0) is 17.2 Å². The zero-order valence-corrected chi connectivity index (χ0v) is 15.0. The van der Waals surface area contributed by atoms with E-state index in [-0.39, 0.29) is 5.91 Å². The second-order valence-electron chi connectivity index (χ2n) is 7.06. The maximum Gasteiger partial charge on any atom is 0.271 e. The summed E-state index contributed by atoms with van der Waals surface area (Å²) in [5.41, 5.74) is 5.50. The maximum absolute atomic E-state index is 13.3. The molecule has 0 bridgehead atoms. The van der Waals surface area contributed by atoms with E-state index in [4.69, 9.17) is 0 Å². The van der Waals surface area contributed by atoms with Gasteiger partial charge in [0.15, 0.2) is 0 Å². The summed E-state index contributed by atoms with van der Waals surface area (Å²) < 4.78 is 2.19. The average molecular weight is 352 g/mol. The van der Waals surface area contributed by atoms with Gasteiger partial charge in [0.05, 0.1) is 0 Å². The third-order valence-corrected chi connectivity index (χ3v) is 5.31. The van der Waals surface area contributed by atoms with Crippen molar-refractivity contribution in [1.82, 2.24) is 9.47 Å². The molecule has 2 heterocycles. The third kappa shape index (κ3) is 2.72. The Kier molecular flexibility index (Phi) is 3.79. The Bertz CT molecular complexity index is 1110. The first-order valence-corrected chi connectivity index (χ1v) is 9.28. The first-order valence-electron chi connectivity index (χ1n) is 9.28. The number of rotatable bonds is 4. The molecule has 3 nitrogen and oxygen atoms in total. The van der Waals surface area contributed by atoms with E-state index in [1.54, 1.807) is 0 Å². The van der Waals surface area contributed by atoms with Crippen molar-refractivity contribution in [1.29, 1.82) is 0 Å². The predicted molar refractivity (Wildman–Crippen MR) is 108 cm³/mol. The minimum Gasteiger partial charge on any atom is -0.332 e. The van der Waals surface area contributed by atoms with E-state index in [0.717, 1.165) is 22.3 Å². The minimum absolute atomic E-state index is 0.126. The number of carbonyl (C=O) groups is 1. The molecule has 132 valence electrons. The first kappa shape index (κ1) is 15.9. The molecule has 0 aliphatic carbocycles. The Hall–Kier alpha value is -3.33. The van der Waals surface area contributed by atoms with E-state index in [1.165, 1.54) is 10.9 Å². The lowest BCUT2D eigenvalue weighted by Crippen LogP contribution is -2.25. The largest absolute Gasteiger partial charge is 0.332 e. The molecular formula is C24H20N2O. The highest BCUT2D eigenvalue weighted by Crippen LogP contribution is 2.34. The molecule has 27 heavy (non-hydrogen) atoms. The average Bonchev–Trinajstić information content (AvgIpc) is 3.19. The van der Waals surface area contributed by atoms with Crippen molar-refractivity contribution in [2.24, 2.45) is 0 Å². The summed E-state index contributed by atoms with van der Waals surface area (Å²) >= 11 is 0. The van der Waals surface area contributed by atoms with E-state index in [2.05, 4.69) is 47.0 Å². The summed E-state index contributed by atoms with van der Waals surface area (Å²) in [7, 11) is 0. The summed E-state index contributed by atoms with van der Waals surface area (Å²) in [6, 6.07) is 28.9. The quantitative estimate of drug-likeness (QED) is 0.516. The number of hydrogen-bond acceptors (Lipinski definition) is 1. The van der Waals surface area contributed by atoms with Crippen LogP contribution in [0.15, 0.2) is 84.9 Å². The fourth-order valence-electron chi connectivity index (χ4n) is 4.05. The number of aromatic nitrogens is 1. The van der Waals surface area contributed by atoms with Gasteiger partial charge in [-0.25, -0.2) is 0 Å². The standard InChI is InChI=1S/C24H20N2O/c27-24-23-21(17-25(24)15-18-9-3-1-4-10-18)20-13-7-8-14-22(20)26(23)16-19-11-5-2-6-12-19/h1-14H,15-17H2. The van der Waals surface area contributed by atoms with Crippen molar-refractivity contribution in [3.8, 4) is 0 Å². The fraction of sp³-hybridized carbons (Fsp3) is 0.125. The van der Waals surface area contributed by atoms with Crippen molar-refractivity contribution in [2.45, 2.75) is 19.6 Å². The monoisotopic (exact) mass is 352 g/mol. The summed E-state index contributed by atoms with van der Waals surface area (Å²) in [5.74, 6) is 0.126. The van der Waals surface area contributed by atoms with Crippen molar-refractivity contribution < 1.29 is 4.79 Å². The van der Waals surface area contributed by atoms with Gasteiger partial charge in [-0.15, -0.1) is 0 Å². The highest BCUT2D eigenvalue weighted by molar-refractivity contribution is 6.04. The van der Waals surface area contributed by atoms with Gasteiger partial charge >= 0.3 is 0 Å². The highest BCUT2D eigenvalue weighted by atomic mass is 16.2. The Morgan fingerprint density at radius 3 is 2.00 bits per heavy atom. The van der Waals surface area contributed by atoms with Crippen LogP contribution in [-0.4, -0.2) is 15.4 Å². The first-order chi connectivity index (χ1) is 13.3. The SMILES string of the molecule is O=C1c2c(c3ccccc3n2Cc2ccccc2)CN1Cc1ccccc1. The Labute approximate surface area is 158 Å². The van der Waals surface area contributed by atoms with Gasteiger partial charge < -0.3 is 9.47 Å². The topological polar surface area (TPSA) is 25.2 Å². The Balaban J connectivity index is 1.57. The molecule has 3 aromatic carbocycles. The van der Waals surface area contributed by atoms with Crippen LogP contribution in [0.3, 0.4) is 0 Å². The van der Waals surface area contributed by atoms with Crippen molar-refractivity contribution in [2.75, 3.05) is 0 Å². The molecular weight excluding hydrogens is 332 g/mol. The summed E-state index contributed by atoms with van der Waals surface area (Å²) in [5, 5.41) is 1.19. The number of carbonyl (C=O) groups excluding carboxylic acids is 1. The van der Waals surface area contributed by atoms with Crippen LogP contribution in [0.5, 0.6) is 0 Å². The molecule has 3 heteroatoms. The summed E-state index contributed by atoms with van der Waals surface area (Å²) in [6.45, 7) is 2.03. The molecule has 0 saturated heterocycles. The molecule has 4 aromatic rings. The van der Waals surface area contributed by atoms with E-state index in [9.17, 15) is 4.79 Å². The van der Waals surface area contributed by atoms with Crippen molar-refractivity contribution >= 4 is 16.8 Å². The molecule has 0 spiro atoms. The Morgan fingerprint density at radius 2 is 1.30 bits per heavy atom. The van der Waals surface area contributed by atoms with Crippen LogP contribution >= 0.6 is 0 Å². The lowest BCUT2D eigenvalue weighted by atomic mass is 10.1. The molecule has 0 saturated carbocycles. The molecule has 0 radical (unpaired) electrons. The number of hydrogen-bond donors (Lipinski definition) is 0. The van der Waals surface area contributed by atoms with Crippen molar-refractivity contribution in [3.05, 3.63) is 107 Å². The third-order valence-electron chi connectivity index (χ3n) is 5.31. The van der Waals surface area contributed by atoms with Crippen LogP contribution in [0.1, 0.15) is 27.2 Å². The lowest BCUT2D eigenvalue weighted by Gasteiger charge is -2.17. The molecule has 5 rings (SSSR count). The highest BCUT2D eigenvalue weighted by Gasteiger charge is 2.33. The second kappa shape index (κ2) is 6.44. The van der Waals surface area contributed by atoms with E-state index in [1.807, 2.05) is 47.4 Å². The van der Waals surface area contributed by atoms with Gasteiger partial charge in [0.1, 0.15) is 5.69 Å². The number of fused-ring (bicyclic) bond motifs is 3. The van der Waals surface area contributed by atoms with Gasteiger partial charge in [-0.2, -0.15) is 0 Å². The van der Waals surface area contributed by atoms with Crippen LogP contribution in [0.25, 0.3) is 10.9 Å². The van der Waals surface area contributed by atoms with E-state index in [0.29, 0.717) is 19.6 Å². The van der Waals surface area contributed by atoms with Crippen LogP contribution in [0, 0.1) is 0 Å². The summed E-state index contributed by atoms with van der Waals surface area (Å²) in [6.07, 6.45) is 0. The number of amides is 1. The molecule has 1 aliphatic heterocycles. The normalized spacial score (nSPS) is 13.3. The van der Waals surface area contributed by atoms with E-state index >= 15 is 0 Å². The van der Waals surface area contributed by atoms with Gasteiger partial charge in [0, 0.05) is 36.1 Å². The lowest BCUT2D eigenvalue weighted by molar-refractivity contribution is 0.0758. The molecule has 0 N–H and O–H groups in total.